The summed E-state index contributed by atoms with van der Waals surface area (Å²) in [4.78, 5) is 11.4. The number of carbonyl (C=O) groups is 1. The molecule has 0 saturated carbocycles. The van der Waals surface area contributed by atoms with E-state index in [1.165, 1.54) is 16.9 Å². The van der Waals surface area contributed by atoms with E-state index in [1.54, 1.807) is 0 Å². The van der Waals surface area contributed by atoms with Gasteiger partial charge in [-0.25, -0.2) is 13.5 Å². The van der Waals surface area contributed by atoms with Crippen molar-refractivity contribution >= 4 is 11.7 Å². The van der Waals surface area contributed by atoms with Gasteiger partial charge in [0.1, 0.15) is 17.7 Å². The van der Waals surface area contributed by atoms with E-state index in [1.807, 2.05) is 0 Å². The minimum atomic E-state index is -1.08. The molecule has 2 aromatic rings. The highest BCUT2D eigenvalue weighted by molar-refractivity contribution is 5.93. The zero-order valence-corrected chi connectivity index (χ0v) is 10.8. The minimum absolute atomic E-state index is 0.0700. The predicted octanol–water partition coefficient (Wildman–Crippen LogP) is -0.137. The van der Waals surface area contributed by atoms with Crippen LogP contribution in [0.2, 0.25) is 0 Å². The average Bonchev–Trinajstić information content (AvgIpc) is 2.89. The molecule has 4 N–H and O–H groups in total. The van der Waals surface area contributed by atoms with Gasteiger partial charge >= 0.3 is 0 Å². The van der Waals surface area contributed by atoms with Crippen LogP contribution in [-0.4, -0.2) is 38.7 Å². The number of hydrogen-bond donors (Lipinski definition) is 3. The molecule has 0 saturated heterocycles. The zero-order chi connectivity index (χ0) is 15.4. The molecule has 9 heteroatoms. The van der Waals surface area contributed by atoms with Crippen molar-refractivity contribution in [2.24, 2.45) is 5.73 Å². The van der Waals surface area contributed by atoms with Crippen LogP contribution in [0.4, 0.5) is 14.6 Å². The standard InChI is InChI=1S/C12H13F2N5O2/c13-8-2-1-3-9(14)7(8)4-19-5-11(17-18-19)16-12(21)10(15)6-20/h1-3,5,10,20H,4,6,15H2,(H,16,21)/t10-/m0/s1. The number of hydrogen-bond acceptors (Lipinski definition) is 5. The lowest BCUT2D eigenvalue weighted by Crippen LogP contribution is -2.38. The van der Waals surface area contributed by atoms with Gasteiger partial charge in [0.15, 0.2) is 5.82 Å². The molecule has 1 atom stereocenters. The van der Waals surface area contributed by atoms with Crippen molar-refractivity contribution in [2.45, 2.75) is 12.6 Å². The lowest BCUT2D eigenvalue weighted by atomic mass is 10.2. The van der Waals surface area contributed by atoms with Crippen molar-refractivity contribution in [3.8, 4) is 0 Å². The topological polar surface area (TPSA) is 106 Å². The van der Waals surface area contributed by atoms with Crippen molar-refractivity contribution in [1.82, 2.24) is 15.0 Å². The van der Waals surface area contributed by atoms with Crippen LogP contribution in [0.15, 0.2) is 24.4 Å². The molecular weight excluding hydrogens is 284 g/mol. The molecule has 0 spiro atoms. The summed E-state index contributed by atoms with van der Waals surface area (Å²) in [7, 11) is 0. The number of aromatic nitrogens is 3. The quantitative estimate of drug-likeness (QED) is 0.712. The van der Waals surface area contributed by atoms with Crippen molar-refractivity contribution in [3.63, 3.8) is 0 Å². The summed E-state index contributed by atoms with van der Waals surface area (Å²) in [5, 5.41) is 18.3. The molecule has 21 heavy (non-hydrogen) atoms. The Balaban J connectivity index is 2.09. The van der Waals surface area contributed by atoms with Gasteiger partial charge in [0.05, 0.1) is 19.3 Å². The Labute approximate surface area is 118 Å². The number of aliphatic hydroxyl groups excluding tert-OH is 1. The summed E-state index contributed by atoms with van der Waals surface area (Å²) in [6.07, 6.45) is 1.30. The molecule has 0 bridgehead atoms. The molecule has 0 aliphatic carbocycles. The van der Waals surface area contributed by atoms with E-state index in [0.717, 1.165) is 12.1 Å². The van der Waals surface area contributed by atoms with Crippen molar-refractivity contribution in [2.75, 3.05) is 11.9 Å². The molecule has 7 nitrogen and oxygen atoms in total. The van der Waals surface area contributed by atoms with Gasteiger partial charge in [0.2, 0.25) is 5.91 Å². The average molecular weight is 297 g/mol. The summed E-state index contributed by atoms with van der Waals surface area (Å²) in [5.41, 5.74) is 5.16. The van der Waals surface area contributed by atoms with Gasteiger partial charge in [-0.05, 0) is 12.1 Å². The highest BCUT2D eigenvalue weighted by Gasteiger charge is 2.15. The molecule has 1 aromatic heterocycles. The number of benzene rings is 1. The maximum atomic E-state index is 13.5. The van der Waals surface area contributed by atoms with Crippen molar-refractivity contribution < 1.29 is 18.7 Å². The van der Waals surface area contributed by atoms with Crippen molar-refractivity contribution in [3.05, 3.63) is 41.6 Å². The summed E-state index contributed by atoms with van der Waals surface area (Å²) in [6.45, 7) is -0.687. The Hall–Kier alpha value is -2.39. The summed E-state index contributed by atoms with van der Waals surface area (Å²) in [6, 6.07) is 2.45. The van der Waals surface area contributed by atoms with Gasteiger partial charge in [-0.15, -0.1) is 5.10 Å². The fourth-order valence-electron chi connectivity index (χ4n) is 1.58. The van der Waals surface area contributed by atoms with Gasteiger partial charge in [-0.1, -0.05) is 11.3 Å². The summed E-state index contributed by atoms with van der Waals surface area (Å²) in [5.74, 6) is -1.96. The molecule has 0 radical (unpaired) electrons. The Morgan fingerprint density at radius 1 is 1.43 bits per heavy atom. The first-order valence-electron chi connectivity index (χ1n) is 6.01. The molecule has 0 aliphatic heterocycles. The number of rotatable bonds is 5. The van der Waals surface area contributed by atoms with Gasteiger partial charge in [-0.3, -0.25) is 4.79 Å². The molecule has 0 aliphatic rings. The van der Waals surface area contributed by atoms with Gasteiger partial charge < -0.3 is 16.2 Å². The fraction of sp³-hybridized carbons (Fsp3) is 0.250. The molecule has 0 fully saturated rings. The third-order valence-corrected chi connectivity index (χ3v) is 2.71. The summed E-state index contributed by atoms with van der Waals surface area (Å²) >= 11 is 0. The van der Waals surface area contributed by atoms with Crippen LogP contribution in [0.25, 0.3) is 0 Å². The van der Waals surface area contributed by atoms with E-state index in [2.05, 4.69) is 15.6 Å². The second-order valence-electron chi connectivity index (χ2n) is 4.28. The largest absolute Gasteiger partial charge is 0.394 e. The van der Waals surface area contributed by atoms with Gasteiger partial charge in [0, 0.05) is 5.56 Å². The van der Waals surface area contributed by atoms with Gasteiger partial charge in [-0.2, -0.15) is 0 Å². The highest BCUT2D eigenvalue weighted by Crippen LogP contribution is 2.13. The minimum Gasteiger partial charge on any atom is -0.394 e. The number of carbonyl (C=O) groups excluding carboxylic acids is 1. The van der Waals surface area contributed by atoms with Crippen LogP contribution in [0.5, 0.6) is 0 Å². The predicted molar refractivity (Wildman–Crippen MR) is 69.2 cm³/mol. The molecule has 0 unspecified atom stereocenters. The van der Waals surface area contributed by atoms with Crippen molar-refractivity contribution in [1.29, 1.82) is 0 Å². The Kier molecular flexibility index (Phi) is 4.55. The van der Waals surface area contributed by atoms with E-state index >= 15 is 0 Å². The molecule has 1 heterocycles. The Morgan fingerprint density at radius 2 is 2.10 bits per heavy atom. The van der Waals surface area contributed by atoms with E-state index in [9.17, 15) is 13.6 Å². The van der Waals surface area contributed by atoms with E-state index < -0.39 is 30.2 Å². The highest BCUT2D eigenvalue weighted by atomic mass is 19.1. The van der Waals surface area contributed by atoms with Crippen LogP contribution in [-0.2, 0) is 11.3 Å². The number of nitrogens with one attached hydrogen (secondary N) is 1. The van der Waals surface area contributed by atoms with Crippen LogP contribution >= 0.6 is 0 Å². The first kappa shape index (κ1) is 15.0. The Bertz CT molecular complexity index is 626. The monoisotopic (exact) mass is 297 g/mol. The fourth-order valence-corrected chi connectivity index (χ4v) is 1.58. The Morgan fingerprint density at radius 3 is 2.71 bits per heavy atom. The molecule has 2 rings (SSSR count). The normalized spacial score (nSPS) is 12.2. The zero-order valence-electron chi connectivity index (χ0n) is 10.8. The van der Waals surface area contributed by atoms with Crippen LogP contribution in [0.3, 0.4) is 0 Å². The number of nitrogens with two attached hydrogens (primary N) is 1. The SMILES string of the molecule is N[C@@H](CO)C(=O)Nc1cn(Cc2c(F)cccc2F)nn1. The third kappa shape index (κ3) is 3.58. The second kappa shape index (κ2) is 6.37. The summed E-state index contributed by atoms with van der Waals surface area (Å²) < 4.78 is 28.1. The van der Waals surface area contributed by atoms with Crippen LogP contribution in [0.1, 0.15) is 5.56 Å². The molecule has 1 amide bonds. The third-order valence-electron chi connectivity index (χ3n) is 2.71. The number of anilines is 1. The second-order valence-corrected chi connectivity index (χ2v) is 4.28. The van der Waals surface area contributed by atoms with Crippen LogP contribution < -0.4 is 11.1 Å². The number of halogens is 2. The molecule has 1 aromatic carbocycles. The smallest absolute Gasteiger partial charge is 0.244 e. The van der Waals surface area contributed by atoms with E-state index in [0.29, 0.717) is 0 Å². The lowest BCUT2D eigenvalue weighted by Gasteiger charge is -2.06. The first-order chi connectivity index (χ1) is 10.0. The van der Waals surface area contributed by atoms with E-state index in [-0.39, 0.29) is 17.9 Å². The number of aliphatic hydroxyl groups is 1. The maximum Gasteiger partial charge on any atom is 0.244 e. The van der Waals surface area contributed by atoms with E-state index in [4.69, 9.17) is 10.8 Å². The molecular formula is C12H13F2N5O2. The van der Waals surface area contributed by atoms with Crippen LogP contribution in [0, 0.1) is 11.6 Å². The first-order valence-corrected chi connectivity index (χ1v) is 6.01. The van der Waals surface area contributed by atoms with Gasteiger partial charge in [0.25, 0.3) is 0 Å². The maximum absolute atomic E-state index is 13.5. The lowest BCUT2D eigenvalue weighted by molar-refractivity contribution is -0.118. The number of amides is 1. The molecule has 112 valence electrons. The number of nitrogens with zero attached hydrogens (tertiary/aromatic N) is 3.